The SMILES string of the molecule is Cl[SiH]1CCCO[SiH2]1. The van der Waals surface area contributed by atoms with Crippen LogP contribution in [0.3, 0.4) is 0 Å². The first-order chi connectivity index (χ1) is 3.39. The monoisotopic (exact) mass is 152 g/mol. The fourth-order valence-electron chi connectivity index (χ4n) is 0.701. The van der Waals surface area contributed by atoms with Gasteiger partial charge in [-0.25, -0.2) is 0 Å². The van der Waals surface area contributed by atoms with Crippen molar-refractivity contribution in [3.05, 3.63) is 0 Å². The predicted octanol–water partition coefficient (Wildman–Crippen LogP) is -0.0502. The summed E-state index contributed by atoms with van der Waals surface area (Å²) in [6.45, 7) is 1.00. The summed E-state index contributed by atoms with van der Waals surface area (Å²) in [5, 5.41) is 0. The van der Waals surface area contributed by atoms with E-state index < -0.39 is 7.62 Å². The van der Waals surface area contributed by atoms with Crippen molar-refractivity contribution in [2.75, 3.05) is 6.61 Å². The van der Waals surface area contributed by atoms with Gasteiger partial charge in [-0.3, -0.25) is 0 Å². The third-order valence-corrected chi connectivity index (χ3v) is 7.83. The lowest BCUT2D eigenvalue weighted by Gasteiger charge is -2.12. The zero-order valence-corrected chi connectivity index (χ0v) is 7.52. The molecule has 1 fully saturated rings. The summed E-state index contributed by atoms with van der Waals surface area (Å²) < 4.78 is 5.25. The van der Waals surface area contributed by atoms with Gasteiger partial charge >= 0.3 is 0 Å². The Morgan fingerprint density at radius 2 is 2.57 bits per heavy atom. The van der Waals surface area contributed by atoms with E-state index in [0.29, 0.717) is 0 Å². The Labute approximate surface area is 52.0 Å². The molecule has 0 aromatic heterocycles. The van der Waals surface area contributed by atoms with Gasteiger partial charge in [0.2, 0.25) is 0 Å². The number of hydrogen-bond acceptors (Lipinski definition) is 1. The summed E-state index contributed by atoms with van der Waals surface area (Å²) in [6.07, 6.45) is 1.23. The first kappa shape index (κ1) is 5.81. The van der Waals surface area contributed by atoms with E-state index in [9.17, 15) is 0 Å². The van der Waals surface area contributed by atoms with Crippen LogP contribution in [0.1, 0.15) is 6.42 Å². The Morgan fingerprint density at radius 3 is 2.86 bits per heavy atom. The van der Waals surface area contributed by atoms with Gasteiger partial charge in [0.15, 0.2) is 16.9 Å². The Bertz CT molecular complexity index is 54.9. The van der Waals surface area contributed by atoms with Crippen LogP contribution in [-0.4, -0.2) is 23.5 Å². The molecule has 0 amide bonds. The van der Waals surface area contributed by atoms with Crippen LogP contribution in [0.2, 0.25) is 6.04 Å². The standard InChI is InChI=1S/C3H9ClOSi2/c4-7-3-1-2-5-6-7/h7H,1-3,6H2. The van der Waals surface area contributed by atoms with E-state index >= 15 is 0 Å². The first-order valence-electron chi connectivity index (χ1n) is 2.61. The summed E-state index contributed by atoms with van der Waals surface area (Å²) in [5.41, 5.74) is 0. The summed E-state index contributed by atoms with van der Waals surface area (Å²) in [4.78, 5) is 0. The van der Waals surface area contributed by atoms with Gasteiger partial charge in [0.1, 0.15) is 0 Å². The maximum atomic E-state index is 5.89. The molecule has 1 heterocycles. The molecule has 4 heteroatoms. The molecule has 7 heavy (non-hydrogen) atoms. The second-order valence-corrected chi connectivity index (χ2v) is 11.7. The normalized spacial score (nSPS) is 36.4. The van der Waals surface area contributed by atoms with Gasteiger partial charge < -0.3 is 4.43 Å². The average molecular weight is 153 g/mol. The Kier molecular flexibility index (Phi) is 2.38. The Morgan fingerprint density at radius 1 is 1.71 bits per heavy atom. The van der Waals surface area contributed by atoms with Crippen LogP contribution in [0.4, 0.5) is 0 Å². The average Bonchev–Trinajstić information content (AvgIpc) is 1.69. The van der Waals surface area contributed by atoms with Crippen molar-refractivity contribution in [2.45, 2.75) is 12.5 Å². The van der Waals surface area contributed by atoms with Crippen molar-refractivity contribution >= 4 is 28.0 Å². The van der Waals surface area contributed by atoms with Crippen LogP contribution >= 0.6 is 11.1 Å². The molecule has 1 aliphatic rings. The molecule has 0 aromatic rings. The first-order valence-corrected chi connectivity index (χ1v) is 9.02. The van der Waals surface area contributed by atoms with E-state index in [4.69, 9.17) is 15.5 Å². The minimum atomic E-state index is -0.706. The molecule has 1 unspecified atom stereocenters. The number of rotatable bonds is 0. The highest BCUT2D eigenvalue weighted by atomic mass is 35.6. The van der Waals surface area contributed by atoms with Crippen LogP contribution in [-0.2, 0) is 4.43 Å². The van der Waals surface area contributed by atoms with E-state index in [1.54, 1.807) is 0 Å². The van der Waals surface area contributed by atoms with Gasteiger partial charge in [0.25, 0.3) is 0 Å². The third kappa shape index (κ3) is 1.94. The Hall–Kier alpha value is 0.684. The largest absolute Gasteiger partial charge is 0.426 e. The van der Waals surface area contributed by atoms with Gasteiger partial charge in [0.05, 0.1) is 0 Å². The molecular weight excluding hydrogens is 144 g/mol. The molecule has 0 radical (unpaired) electrons. The Balaban J connectivity index is 2.12. The highest BCUT2D eigenvalue weighted by Gasteiger charge is 2.12. The van der Waals surface area contributed by atoms with Crippen LogP contribution in [0.5, 0.6) is 0 Å². The molecule has 1 rings (SSSR count). The topological polar surface area (TPSA) is 9.23 Å². The van der Waals surface area contributed by atoms with E-state index in [1.807, 2.05) is 0 Å². The lowest BCUT2D eigenvalue weighted by atomic mass is 10.5. The molecule has 0 N–H and O–H groups in total. The zero-order valence-electron chi connectivity index (χ0n) is 4.19. The highest BCUT2D eigenvalue weighted by molar-refractivity contribution is 7.35. The van der Waals surface area contributed by atoms with Gasteiger partial charge in [-0.15, -0.1) is 0 Å². The van der Waals surface area contributed by atoms with E-state index in [0.717, 1.165) is 6.61 Å². The maximum Gasteiger partial charge on any atom is 0.165 e. The molecule has 0 bridgehead atoms. The number of hydrogen-bond donors (Lipinski definition) is 0. The molecule has 0 aliphatic carbocycles. The fraction of sp³-hybridized carbons (Fsp3) is 1.00. The van der Waals surface area contributed by atoms with Crippen LogP contribution in [0, 0.1) is 0 Å². The lowest BCUT2D eigenvalue weighted by molar-refractivity contribution is 0.336. The van der Waals surface area contributed by atoms with Crippen molar-refractivity contribution in [1.29, 1.82) is 0 Å². The van der Waals surface area contributed by atoms with Crippen LogP contribution < -0.4 is 0 Å². The second-order valence-electron chi connectivity index (χ2n) is 1.81. The lowest BCUT2D eigenvalue weighted by Crippen LogP contribution is -2.24. The van der Waals surface area contributed by atoms with Crippen molar-refractivity contribution in [1.82, 2.24) is 0 Å². The van der Waals surface area contributed by atoms with Gasteiger partial charge in [-0.1, -0.05) is 0 Å². The summed E-state index contributed by atoms with van der Waals surface area (Å²) in [5.74, 6) is 0. The molecule has 0 aromatic carbocycles. The van der Waals surface area contributed by atoms with Crippen molar-refractivity contribution in [3.8, 4) is 0 Å². The molecule has 42 valence electrons. The molecule has 1 nitrogen and oxygen atoms in total. The van der Waals surface area contributed by atoms with Gasteiger partial charge in [0, 0.05) is 6.61 Å². The molecule has 1 saturated heterocycles. The minimum absolute atomic E-state index is 0.163. The van der Waals surface area contributed by atoms with Gasteiger partial charge in [-0.2, -0.15) is 11.1 Å². The van der Waals surface area contributed by atoms with Crippen molar-refractivity contribution in [3.63, 3.8) is 0 Å². The molecule has 1 atom stereocenters. The third-order valence-electron chi connectivity index (χ3n) is 1.10. The quantitative estimate of drug-likeness (QED) is 0.350. The van der Waals surface area contributed by atoms with Gasteiger partial charge in [-0.05, 0) is 12.5 Å². The fourth-order valence-corrected chi connectivity index (χ4v) is 6.00. The van der Waals surface area contributed by atoms with E-state index in [1.165, 1.54) is 12.5 Å². The van der Waals surface area contributed by atoms with Crippen molar-refractivity contribution < 1.29 is 4.43 Å². The summed E-state index contributed by atoms with van der Waals surface area (Å²) in [7, 11) is -0.868. The van der Waals surface area contributed by atoms with Crippen LogP contribution in [0.25, 0.3) is 0 Å². The summed E-state index contributed by atoms with van der Waals surface area (Å²) >= 11 is 5.89. The highest BCUT2D eigenvalue weighted by Crippen LogP contribution is 2.06. The number of halogens is 1. The zero-order chi connectivity index (χ0) is 5.11. The van der Waals surface area contributed by atoms with Crippen LogP contribution in [0.15, 0.2) is 0 Å². The minimum Gasteiger partial charge on any atom is -0.426 e. The van der Waals surface area contributed by atoms with E-state index in [2.05, 4.69) is 0 Å². The van der Waals surface area contributed by atoms with E-state index in [-0.39, 0.29) is 9.28 Å². The maximum absolute atomic E-state index is 5.89. The van der Waals surface area contributed by atoms with Crippen molar-refractivity contribution in [2.24, 2.45) is 0 Å². The molecule has 0 spiro atoms. The molecule has 1 aliphatic heterocycles. The smallest absolute Gasteiger partial charge is 0.165 e. The predicted molar refractivity (Wildman–Crippen MR) is 36.9 cm³/mol. The molecule has 0 saturated carbocycles. The second kappa shape index (κ2) is 2.86. The summed E-state index contributed by atoms with van der Waals surface area (Å²) in [6, 6.07) is 1.33. The molecular formula is C3H9ClOSi2.